The fraction of sp³-hybridized carbons (Fsp3) is 0.200. The first-order valence-electron chi connectivity index (χ1n) is 8.46. The predicted molar refractivity (Wildman–Crippen MR) is 104 cm³/mol. The standard InChI is InChI=1S/C20H18N2O6/c1-20(2,3)28-19(24)21-16-7-5-4-6-14(16)15-10-12-8-9-13(22(25)26)11-17(12)27-18(15)23/h4-11H,1-3H3,(H,21,24). The predicted octanol–water partition coefficient (Wildman–Crippen LogP) is 4.72. The molecule has 0 saturated heterocycles. The Morgan fingerprint density at radius 3 is 2.50 bits per heavy atom. The van der Waals surface area contributed by atoms with E-state index in [9.17, 15) is 19.7 Å². The molecule has 0 unspecified atom stereocenters. The largest absolute Gasteiger partial charge is 0.444 e. The van der Waals surface area contributed by atoms with Gasteiger partial charge in [0.1, 0.15) is 11.2 Å². The molecule has 1 aromatic heterocycles. The molecule has 144 valence electrons. The van der Waals surface area contributed by atoms with Crippen LogP contribution in [0.1, 0.15) is 20.8 Å². The molecule has 0 fully saturated rings. The van der Waals surface area contributed by atoms with Crippen molar-refractivity contribution in [1.29, 1.82) is 0 Å². The minimum Gasteiger partial charge on any atom is -0.444 e. The van der Waals surface area contributed by atoms with E-state index in [-0.39, 0.29) is 16.8 Å². The van der Waals surface area contributed by atoms with E-state index in [0.717, 1.165) is 0 Å². The summed E-state index contributed by atoms with van der Waals surface area (Å²) in [5, 5.41) is 14.1. The van der Waals surface area contributed by atoms with Gasteiger partial charge in [-0.15, -0.1) is 0 Å². The quantitative estimate of drug-likeness (QED) is 0.399. The van der Waals surface area contributed by atoms with Crippen LogP contribution in [0.15, 0.2) is 57.7 Å². The number of rotatable bonds is 3. The molecule has 8 heteroatoms. The molecule has 1 amide bonds. The first kappa shape index (κ1) is 19.1. The zero-order chi connectivity index (χ0) is 20.5. The van der Waals surface area contributed by atoms with Crippen molar-refractivity contribution in [1.82, 2.24) is 0 Å². The second kappa shape index (κ2) is 7.15. The van der Waals surface area contributed by atoms with Crippen LogP contribution in [0.2, 0.25) is 0 Å². The Balaban J connectivity index is 2.04. The first-order valence-corrected chi connectivity index (χ1v) is 8.46. The van der Waals surface area contributed by atoms with Crippen LogP contribution in [0.5, 0.6) is 0 Å². The summed E-state index contributed by atoms with van der Waals surface area (Å²) in [6, 6.07) is 12.3. The van der Waals surface area contributed by atoms with E-state index in [1.165, 1.54) is 18.2 Å². The lowest BCUT2D eigenvalue weighted by Gasteiger charge is -2.20. The van der Waals surface area contributed by atoms with Gasteiger partial charge in [-0.3, -0.25) is 15.4 Å². The van der Waals surface area contributed by atoms with E-state index in [1.54, 1.807) is 51.1 Å². The van der Waals surface area contributed by atoms with Crippen LogP contribution in [0.25, 0.3) is 22.1 Å². The molecule has 8 nitrogen and oxygen atoms in total. The number of non-ortho nitro benzene ring substituents is 1. The Morgan fingerprint density at radius 1 is 1.11 bits per heavy atom. The summed E-state index contributed by atoms with van der Waals surface area (Å²) >= 11 is 0. The van der Waals surface area contributed by atoms with Gasteiger partial charge in [0.25, 0.3) is 5.69 Å². The molecule has 0 aliphatic heterocycles. The summed E-state index contributed by atoms with van der Waals surface area (Å²) in [5.41, 5.74) is -0.363. The maximum absolute atomic E-state index is 12.5. The number of benzene rings is 2. The topological polar surface area (TPSA) is 112 Å². The van der Waals surface area contributed by atoms with Crippen LogP contribution in [0, 0.1) is 10.1 Å². The minimum atomic E-state index is -0.675. The van der Waals surface area contributed by atoms with Gasteiger partial charge >= 0.3 is 11.7 Å². The number of nitro groups is 1. The molecule has 0 bridgehead atoms. The van der Waals surface area contributed by atoms with Gasteiger partial charge < -0.3 is 9.15 Å². The maximum atomic E-state index is 12.5. The number of nitrogens with one attached hydrogen (secondary N) is 1. The highest BCUT2D eigenvalue weighted by atomic mass is 16.6. The molecule has 3 rings (SSSR count). The van der Waals surface area contributed by atoms with Gasteiger partial charge in [-0.25, -0.2) is 9.59 Å². The van der Waals surface area contributed by atoms with Gasteiger partial charge in [0.05, 0.1) is 22.2 Å². The highest BCUT2D eigenvalue weighted by Crippen LogP contribution is 2.29. The van der Waals surface area contributed by atoms with Crippen molar-refractivity contribution in [3.63, 3.8) is 0 Å². The zero-order valence-electron chi connectivity index (χ0n) is 15.5. The fourth-order valence-corrected chi connectivity index (χ4v) is 2.64. The minimum absolute atomic E-state index is 0.112. The van der Waals surface area contributed by atoms with Gasteiger partial charge in [0.2, 0.25) is 0 Å². The average Bonchev–Trinajstić information content (AvgIpc) is 2.59. The Bertz CT molecular complexity index is 1130. The van der Waals surface area contributed by atoms with Crippen LogP contribution in [0.3, 0.4) is 0 Å². The molecule has 0 atom stereocenters. The van der Waals surface area contributed by atoms with E-state index < -0.39 is 22.2 Å². The normalized spacial score (nSPS) is 11.2. The van der Waals surface area contributed by atoms with E-state index in [0.29, 0.717) is 16.6 Å². The number of hydrogen-bond acceptors (Lipinski definition) is 6. The lowest BCUT2D eigenvalue weighted by molar-refractivity contribution is -0.384. The molecular weight excluding hydrogens is 364 g/mol. The van der Waals surface area contributed by atoms with Crippen LogP contribution >= 0.6 is 0 Å². The van der Waals surface area contributed by atoms with Crippen LogP contribution in [-0.4, -0.2) is 16.6 Å². The molecule has 28 heavy (non-hydrogen) atoms. The highest BCUT2D eigenvalue weighted by Gasteiger charge is 2.19. The third kappa shape index (κ3) is 4.17. The Morgan fingerprint density at radius 2 is 1.82 bits per heavy atom. The molecule has 0 aliphatic rings. The Kier molecular flexibility index (Phi) is 4.87. The van der Waals surface area contributed by atoms with Gasteiger partial charge in [0.15, 0.2) is 0 Å². The molecule has 0 spiro atoms. The Hall–Kier alpha value is -3.68. The number of hydrogen-bond donors (Lipinski definition) is 1. The molecule has 2 aromatic carbocycles. The number of fused-ring (bicyclic) bond motifs is 1. The summed E-state index contributed by atoms with van der Waals surface area (Å²) in [4.78, 5) is 34.9. The summed E-state index contributed by atoms with van der Waals surface area (Å²) in [5.74, 6) is 0. The summed E-state index contributed by atoms with van der Waals surface area (Å²) < 4.78 is 10.5. The number of amides is 1. The van der Waals surface area contributed by atoms with Crippen LogP contribution in [-0.2, 0) is 4.74 Å². The molecule has 0 saturated carbocycles. The van der Waals surface area contributed by atoms with Gasteiger partial charge in [-0.1, -0.05) is 18.2 Å². The number of carbonyl (C=O) groups excluding carboxylic acids is 1. The van der Waals surface area contributed by atoms with Crippen LogP contribution < -0.4 is 10.9 Å². The molecular formula is C20H18N2O6. The van der Waals surface area contributed by atoms with E-state index in [1.807, 2.05) is 0 Å². The fourth-order valence-electron chi connectivity index (χ4n) is 2.64. The lowest BCUT2D eigenvalue weighted by atomic mass is 10.0. The summed E-state index contributed by atoms with van der Waals surface area (Å²) in [6.07, 6.45) is -0.652. The van der Waals surface area contributed by atoms with E-state index in [4.69, 9.17) is 9.15 Å². The van der Waals surface area contributed by atoms with Crippen molar-refractivity contribution in [2.24, 2.45) is 0 Å². The third-order valence-corrected chi connectivity index (χ3v) is 3.78. The number of para-hydroxylation sites is 1. The monoisotopic (exact) mass is 382 g/mol. The molecule has 3 aromatic rings. The maximum Gasteiger partial charge on any atom is 0.412 e. The number of anilines is 1. The average molecular weight is 382 g/mol. The van der Waals surface area contributed by atoms with Crippen molar-refractivity contribution in [2.75, 3.05) is 5.32 Å². The van der Waals surface area contributed by atoms with Crippen molar-refractivity contribution in [3.05, 3.63) is 69.1 Å². The van der Waals surface area contributed by atoms with Crippen LogP contribution in [0.4, 0.5) is 16.2 Å². The van der Waals surface area contributed by atoms with E-state index >= 15 is 0 Å². The third-order valence-electron chi connectivity index (χ3n) is 3.78. The molecule has 1 N–H and O–H groups in total. The second-order valence-corrected chi connectivity index (χ2v) is 7.10. The first-order chi connectivity index (χ1) is 13.1. The van der Waals surface area contributed by atoms with Crippen molar-refractivity contribution < 1.29 is 18.9 Å². The van der Waals surface area contributed by atoms with Gasteiger partial charge in [-0.05, 0) is 39.0 Å². The number of nitrogens with zero attached hydrogens (tertiary/aromatic N) is 1. The number of nitro benzene ring substituents is 1. The smallest absolute Gasteiger partial charge is 0.412 e. The Labute approximate surface area is 159 Å². The van der Waals surface area contributed by atoms with Crippen molar-refractivity contribution >= 4 is 28.4 Å². The molecule has 1 heterocycles. The molecule has 0 radical (unpaired) electrons. The molecule has 0 aliphatic carbocycles. The zero-order valence-corrected chi connectivity index (χ0v) is 15.5. The van der Waals surface area contributed by atoms with Crippen molar-refractivity contribution in [3.8, 4) is 11.1 Å². The summed E-state index contributed by atoms with van der Waals surface area (Å²) in [7, 11) is 0. The SMILES string of the molecule is CC(C)(C)OC(=O)Nc1ccccc1-c1cc2ccc([N+](=O)[O-])cc2oc1=O. The van der Waals surface area contributed by atoms with Gasteiger partial charge in [0, 0.05) is 17.0 Å². The van der Waals surface area contributed by atoms with E-state index in [2.05, 4.69) is 5.32 Å². The number of ether oxygens (including phenoxy) is 1. The highest BCUT2D eigenvalue weighted by molar-refractivity contribution is 5.93. The van der Waals surface area contributed by atoms with Crippen molar-refractivity contribution in [2.45, 2.75) is 26.4 Å². The number of carbonyl (C=O) groups is 1. The second-order valence-electron chi connectivity index (χ2n) is 7.10. The lowest BCUT2D eigenvalue weighted by Crippen LogP contribution is -2.27. The summed E-state index contributed by atoms with van der Waals surface area (Å²) in [6.45, 7) is 5.24. The van der Waals surface area contributed by atoms with Gasteiger partial charge in [-0.2, -0.15) is 0 Å².